The number of rotatable bonds is 5. The van der Waals surface area contributed by atoms with E-state index in [1.807, 2.05) is 31.2 Å². The number of amides is 1. The van der Waals surface area contributed by atoms with Crippen LogP contribution >= 0.6 is 23.2 Å². The lowest BCUT2D eigenvalue weighted by molar-refractivity contribution is -0.115. The second-order valence-electron chi connectivity index (χ2n) is 4.66. The molecule has 0 bridgehead atoms. The Morgan fingerprint density at radius 2 is 1.86 bits per heavy atom. The van der Waals surface area contributed by atoms with E-state index in [0.29, 0.717) is 28.7 Å². The number of carbonyl (C=O) groups excluding carboxylic acids is 1. The lowest BCUT2D eigenvalue weighted by Crippen LogP contribution is -2.16. The highest BCUT2D eigenvalue weighted by molar-refractivity contribution is 6.35. The molecule has 0 saturated heterocycles. The maximum Gasteiger partial charge on any atom is 0.226 e. The second kappa shape index (κ2) is 7.34. The van der Waals surface area contributed by atoms with Crippen LogP contribution in [-0.4, -0.2) is 12.5 Å². The van der Waals surface area contributed by atoms with E-state index in [9.17, 15) is 4.79 Å². The molecular formula is C16H16Cl2N2O. The van der Waals surface area contributed by atoms with E-state index in [-0.39, 0.29) is 5.91 Å². The number of hydrogen-bond acceptors (Lipinski definition) is 2. The third-order valence-electron chi connectivity index (χ3n) is 3.02. The fourth-order valence-corrected chi connectivity index (χ4v) is 2.22. The van der Waals surface area contributed by atoms with Gasteiger partial charge in [-0.3, -0.25) is 4.79 Å². The van der Waals surface area contributed by atoms with E-state index in [4.69, 9.17) is 23.2 Å². The summed E-state index contributed by atoms with van der Waals surface area (Å²) in [5.41, 5.74) is 2.71. The van der Waals surface area contributed by atoms with Crippen molar-refractivity contribution in [3.63, 3.8) is 0 Å². The first-order valence-electron chi connectivity index (χ1n) is 6.60. The lowest BCUT2D eigenvalue weighted by atomic mass is 10.2. The molecule has 0 atom stereocenters. The SMILES string of the molecule is Cc1ccccc1NCCC(=O)Nc1cc(Cl)ccc1Cl. The Balaban J connectivity index is 1.85. The third kappa shape index (κ3) is 4.66. The number of benzene rings is 2. The summed E-state index contributed by atoms with van der Waals surface area (Å²) in [5.74, 6) is -0.111. The van der Waals surface area contributed by atoms with Crippen molar-refractivity contribution >= 4 is 40.5 Å². The molecule has 110 valence electrons. The summed E-state index contributed by atoms with van der Waals surface area (Å²) in [4.78, 5) is 11.9. The number of para-hydroxylation sites is 1. The van der Waals surface area contributed by atoms with Crippen molar-refractivity contribution in [2.45, 2.75) is 13.3 Å². The molecule has 3 nitrogen and oxygen atoms in total. The largest absolute Gasteiger partial charge is 0.384 e. The van der Waals surface area contributed by atoms with Crippen LogP contribution in [0.25, 0.3) is 0 Å². The van der Waals surface area contributed by atoms with Crippen molar-refractivity contribution < 1.29 is 4.79 Å². The zero-order valence-electron chi connectivity index (χ0n) is 11.6. The Labute approximate surface area is 134 Å². The van der Waals surface area contributed by atoms with Gasteiger partial charge in [0.2, 0.25) is 5.91 Å². The molecule has 0 heterocycles. The summed E-state index contributed by atoms with van der Waals surface area (Å²) in [6.45, 7) is 2.57. The minimum atomic E-state index is -0.111. The molecule has 0 unspecified atom stereocenters. The predicted molar refractivity (Wildman–Crippen MR) is 89.4 cm³/mol. The zero-order valence-corrected chi connectivity index (χ0v) is 13.1. The molecule has 0 fully saturated rings. The van der Waals surface area contributed by atoms with Crippen LogP contribution in [0.4, 0.5) is 11.4 Å². The number of hydrogen-bond donors (Lipinski definition) is 2. The van der Waals surface area contributed by atoms with Gasteiger partial charge in [0, 0.05) is 23.7 Å². The number of aryl methyl sites for hydroxylation is 1. The van der Waals surface area contributed by atoms with E-state index in [1.165, 1.54) is 0 Å². The van der Waals surface area contributed by atoms with Crippen LogP contribution in [0.2, 0.25) is 10.0 Å². The minimum absolute atomic E-state index is 0.111. The van der Waals surface area contributed by atoms with Gasteiger partial charge in [0.15, 0.2) is 0 Å². The average molecular weight is 323 g/mol. The molecule has 1 amide bonds. The number of carbonyl (C=O) groups is 1. The van der Waals surface area contributed by atoms with Crippen LogP contribution in [0, 0.1) is 6.92 Å². The van der Waals surface area contributed by atoms with Crippen molar-refractivity contribution in [2.75, 3.05) is 17.2 Å². The monoisotopic (exact) mass is 322 g/mol. The predicted octanol–water partition coefficient (Wildman–Crippen LogP) is 4.74. The average Bonchev–Trinajstić information content (AvgIpc) is 2.45. The first-order chi connectivity index (χ1) is 10.1. The van der Waals surface area contributed by atoms with Gasteiger partial charge in [-0.2, -0.15) is 0 Å². The molecule has 2 aromatic rings. The highest BCUT2D eigenvalue weighted by Crippen LogP contribution is 2.25. The molecule has 2 N–H and O–H groups in total. The van der Waals surface area contributed by atoms with Gasteiger partial charge in [0.1, 0.15) is 0 Å². The number of anilines is 2. The summed E-state index contributed by atoms with van der Waals surface area (Å²) >= 11 is 11.9. The summed E-state index contributed by atoms with van der Waals surface area (Å²) in [5, 5.41) is 7.00. The molecule has 0 saturated carbocycles. The molecule has 2 aromatic carbocycles. The maximum atomic E-state index is 11.9. The molecule has 0 aliphatic carbocycles. The molecular weight excluding hydrogens is 307 g/mol. The Hall–Kier alpha value is -1.71. The fourth-order valence-electron chi connectivity index (χ4n) is 1.89. The highest BCUT2D eigenvalue weighted by Gasteiger charge is 2.06. The van der Waals surface area contributed by atoms with Crippen molar-refractivity contribution in [2.24, 2.45) is 0 Å². The van der Waals surface area contributed by atoms with Gasteiger partial charge < -0.3 is 10.6 Å². The molecule has 0 aliphatic heterocycles. The van der Waals surface area contributed by atoms with E-state index in [0.717, 1.165) is 11.3 Å². The quantitative estimate of drug-likeness (QED) is 0.834. The van der Waals surface area contributed by atoms with Crippen LogP contribution in [0.15, 0.2) is 42.5 Å². The highest BCUT2D eigenvalue weighted by atomic mass is 35.5. The van der Waals surface area contributed by atoms with Gasteiger partial charge in [-0.15, -0.1) is 0 Å². The van der Waals surface area contributed by atoms with E-state index in [2.05, 4.69) is 10.6 Å². The van der Waals surface area contributed by atoms with Crippen LogP contribution in [0.3, 0.4) is 0 Å². The molecule has 5 heteroatoms. The summed E-state index contributed by atoms with van der Waals surface area (Å²) in [6.07, 6.45) is 0.344. The van der Waals surface area contributed by atoms with Gasteiger partial charge in [-0.05, 0) is 36.8 Å². The maximum absolute atomic E-state index is 11.9. The van der Waals surface area contributed by atoms with E-state index >= 15 is 0 Å². The summed E-state index contributed by atoms with van der Waals surface area (Å²) < 4.78 is 0. The Morgan fingerprint density at radius 1 is 1.10 bits per heavy atom. The fraction of sp³-hybridized carbons (Fsp3) is 0.188. The Morgan fingerprint density at radius 3 is 2.62 bits per heavy atom. The Kier molecular flexibility index (Phi) is 5.48. The van der Waals surface area contributed by atoms with Gasteiger partial charge in [0.05, 0.1) is 10.7 Å². The van der Waals surface area contributed by atoms with Gasteiger partial charge in [-0.1, -0.05) is 41.4 Å². The topological polar surface area (TPSA) is 41.1 Å². The lowest BCUT2D eigenvalue weighted by Gasteiger charge is -2.10. The van der Waals surface area contributed by atoms with Crippen LogP contribution in [0.5, 0.6) is 0 Å². The standard InChI is InChI=1S/C16H16Cl2N2O/c1-11-4-2-3-5-14(11)19-9-8-16(21)20-15-10-12(17)6-7-13(15)18/h2-7,10,19H,8-9H2,1H3,(H,20,21). The smallest absolute Gasteiger partial charge is 0.226 e. The van der Waals surface area contributed by atoms with Gasteiger partial charge >= 0.3 is 0 Å². The molecule has 0 spiro atoms. The van der Waals surface area contributed by atoms with Crippen molar-refractivity contribution in [1.82, 2.24) is 0 Å². The van der Waals surface area contributed by atoms with Gasteiger partial charge in [0.25, 0.3) is 0 Å². The van der Waals surface area contributed by atoms with Crippen molar-refractivity contribution in [1.29, 1.82) is 0 Å². The van der Waals surface area contributed by atoms with Gasteiger partial charge in [-0.25, -0.2) is 0 Å². The minimum Gasteiger partial charge on any atom is -0.384 e. The van der Waals surface area contributed by atoms with Crippen LogP contribution < -0.4 is 10.6 Å². The summed E-state index contributed by atoms with van der Waals surface area (Å²) in [7, 11) is 0. The number of nitrogens with one attached hydrogen (secondary N) is 2. The molecule has 2 rings (SSSR count). The first kappa shape index (κ1) is 15.7. The first-order valence-corrected chi connectivity index (χ1v) is 7.36. The molecule has 0 aliphatic rings. The molecule has 0 radical (unpaired) electrons. The Bertz CT molecular complexity index is 644. The normalized spacial score (nSPS) is 10.2. The van der Waals surface area contributed by atoms with Crippen molar-refractivity contribution in [3.05, 3.63) is 58.1 Å². The molecule has 21 heavy (non-hydrogen) atoms. The summed E-state index contributed by atoms with van der Waals surface area (Å²) in [6, 6.07) is 12.9. The second-order valence-corrected chi connectivity index (χ2v) is 5.51. The zero-order chi connectivity index (χ0) is 15.2. The molecule has 0 aromatic heterocycles. The van der Waals surface area contributed by atoms with Crippen LogP contribution in [-0.2, 0) is 4.79 Å². The van der Waals surface area contributed by atoms with E-state index in [1.54, 1.807) is 18.2 Å². The number of halogens is 2. The van der Waals surface area contributed by atoms with E-state index < -0.39 is 0 Å². The third-order valence-corrected chi connectivity index (χ3v) is 3.58. The van der Waals surface area contributed by atoms with Crippen LogP contribution in [0.1, 0.15) is 12.0 Å². The van der Waals surface area contributed by atoms with Crippen molar-refractivity contribution in [3.8, 4) is 0 Å².